The van der Waals surface area contributed by atoms with Crippen LogP contribution >= 0.6 is 11.8 Å². The Balaban J connectivity index is 2.22. The summed E-state index contributed by atoms with van der Waals surface area (Å²) in [6, 6.07) is 12.9. The molecule has 0 radical (unpaired) electrons. The minimum atomic E-state index is 0.808. The highest BCUT2D eigenvalue weighted by Gasteiger charge is 2.06. The van der Waals surface area contributed by atoms with Gasteiger partial charge in [0.25, 0.3) is 0 Å². The van der Waals surface area contributed by atoms with Gasteiger partial charge in [-0.1, -0.05) is 51.0 Å². The molecule has 1 nitrogen and oxygen atoms in total. The minimum Gasteiger partial charge on any atom is -0.493 e. The molecule has 0 saturated carbocycles. The highest BCUT2D eigenvalue weighted by molar-refractivity contribution is 7.99. The molecule has 0 spiro atoms. The van der Waals surface area contributed by atoms with Crippen LogP contribution in [0.3, 0.4) is 0 Å². The molecule has 108 valence electrons. The molecule has 0 aliphatic rings. The van der Waals surface area contributed by atoms with E-state index in [9.17, 15) is 0 Å². The standard InChI is InChI=1S/C18H24OS/c1-3-5-13-19-17-11-12-18(20-14-6-4-2)16-10-8-7-9-15(16)17/h7-12H,3-6,13-14H2,1-2H3. The zero-order valence-electron chi connectivity index (χ0n) is 12.5. The molecular formula is C18H24OS. The maximum Gasteiger partial charge on any atom is 0.127 e. The average Bonchev–Trinajstić information content (AvgIpc) is 2.49. The van der Waals surface area contributed by atoms with Crippen molar-refractivity contribution >= 4 is 22.5 Å². The first-order valence-electron chi connectivity index (χ1n) is 7.64. The summed E-state index contributed by atoms with van der Waals surface area (Å²) >= 11 is 1.96. The molecule has 0 N–H and O–H groups in total. The van der Waals surface area contributed by atoms with Gasteiger partial charge >= 0.3 is 0 Å². The smallest absolute Gasteiger partial charge is 0.127 e. The second-order valence-electron chi connectivity index (χ2n) is 5.01. The van der Waals surface area contributed by atoms with Crippen molar-refractivity contribution in [1.29, 1.82) is 0 Å². The normalized spacial score (nSPS) is 10.9. The zero-order chi connectivity index (χ0) is 14.2. The SMILES string of the molecule is CCCCOc1ccc(SCCCC)c2ccccc12. The van der Waals surface area contributed by atoms with Gasteiger partial charge in [-0.15, -0.1) is 11.8 Å². The lowest BCUT2D eigenvalue weighted by molar-refractivity contribution is 0.313. The van der Waals surface area contributed by atoms with Crippen LogP contribution in [0.2, 0.25) is 0 Å². The van der Waals surface area contributed by atoms with Gasteiger partial charge in [-0.3, -0.25) is 0 Å². The molecule has 0 amide bonds. The maximum atomic E-state index is 5.93. The lowest BCUT2D eigenvalue weighted by atomic mass is 10.1. The van der Waals surface area contributed by atoms with E-state index in [0.29, 0.717) is 0 Å². The van der Waals surface area contributed by atoms with E-state index >= 15 is 0 Å². The number of fused-ring (bicyclic) bond motifs is 1. The molecule has 0 saturated heterocycles. The second kappa shape index (κ2) is 8.21. The van der Waals surface area contributed by atoms with Crippen LogP contribution in [0.5, 0.6) is 5.75 Å². The van der Waals surface area contributed by atoms with Crippen molar-refractivity contribution in [1.82, 2.24) is 0 Å². The molecule has 0 fully saturated rings. The van der Waals surface area contributed by atoms with Gasteiger partial charge in [0.1, 0.15) is 5.75 Å². The average molecular weight is 288 g/mol. The molecule has 20 heavy (non-hydrogen) atoms. The Labute approximate surface area is 126 Å². The van der Waals surface area contributed by atoms with Gasteiger partial charge < -0.3 is 4.74 Å². The van der Waals surface area contributed by atoms with Crippen molar-refractivity contribution in [3.05, 3.63) is 36.4 Å². The van der Waals surface area contributed by atoms with Crippen LogP contribution in [0, 0.1) is 0 Å². The van der Waals surface area contributed by atoms with Crippen LogP contribution in [0.4, 0.5) is 0 Å². The van der Waals surface area contributed by atoms with E-state index in [1.807, 2.05) is 11.8 Å². The van der Waals surface area contributed by atoms with Gasteiger partial charge in [0.2, 0.25) is 0 Å². The highest BCUT2D eigenvalue weighted by atomic mass is 32.2. The fourth-order valence-electron chi connectivity index (χ4n) is 2.15. The van der Waals surface area contributed by atoms with Gasteiger partial charge in [0.15, 0.2) is 0 Å². The number of ether oxygens (including phenoxy) is 1. The van der Waals surface area contributed by atoms with Crippen LogP contribution < -0.4 is 4.74 Å². The fraction of sp³-hybridized carbons (Fsp3) is 0.444. The molecule has 0 heterocycles. The molecule has 2 aromatic rings. The highest BCUT2D eigenvalue weighted by Crippen LogP contribution is 2.34. The van der Waals surface area contributed by atoms with Crippen molar-refractivity contribution in [2.24, 2.45) is 0 Å². The number of hydrogen-bond acceptors (Lipinski definition) is 2. The first kappa shape index (κ1) is 15.2. The largest absolute Gasteiger partial charge is 0.493 e. The van der Waals surface area contributed by atoms with E-state index in [2.05, 4.69) is 50.2 Å². The lowest BCUT2D eigenvalue weighted by Gasteiger charge is -2.12. The third kappa shape index (κ3) is 3.92. The maximum absolute atomic E-state index is 5.93. The zero-order valence-corrected chi connectivity index (χ0v) is 13.3. The summed E-state index contributed by atoms with van der Waals surface area (Å²) in [5, 5.41) is 2.56. The van der Waals surface area contributed by atoms with Crippen LogP contribution in [0.25, 0.3) is 10.8 Å². The lowest BCUT2D eigenvalue weighted by Crippen LogP contribution is -1.97. The number of benzene rings is 2. The fourth-order valence-corrected chi connectivity index (χ4v) is 3.30. The summed E-state index contributed by atoms with van der Waals surface area (Å²) < 4.78 is 5.93. The van der Waals surface area contributed by atoms with E-state index in [-0.39, 0.29) is 0 Å². The number of rotatable bonds is 8. The predicted molar refractivity (Wildman–Crippen MR) is 90.0 cm³/mol. The Morgan fingerprint density at radius 3 is 2.40 bits per heavy atom. The topological polar surface area (TPSA) is 9.23 Å². The molecule has 2 aromatic carbocycles. The van der Waals surface area contributed by atoms with Crippen molar-refractivity contribution in [2.75, 3.05) is 12.4 Å². The van der Waals surface area contributed by atoms with Crippen LogP contribution in [-0.2, 0) is 0 Å². The molecule has 0 aromatic heterocycles. The molecule has 0 atom stereocenters. The van der Waals surface area contributed by atoms with Crippen molar-refractivity contribution in [2.45, 2.75) is 44.4 Å². The molecule has 0 aliphatic heterocycles. The summed E-state index contributed by atoms with van der Waals surface area (Å²) in [5.41, 5.74) is 0. The van der Waals surface area contributed by atoms with E-state index in [1.165, 1.54) is 40.7 Å². The van der Waals surface area contributed by atoms with Gasteiger partial charge in [0, 0.05) is 10.3 Å². The Kier molecular flexibility index (Phi) is 6.25. The van der Waals surface area contributed by atoms with E-state index in [4.69, 9.17) is 4.74 Å². The third-order valence-corrected chi connectivity index (χ3v) is 4.51. The van der Waals surface area contributed by atoms with E-state index in [1.54, 1.807) is 0 Å². The Bertz CT molecular complexity index is 487. The predicted octanol–water partition coefficient (Wildman–Crippen LogP) is 5.91. The third-order valence-electron chi connectivity index (χ3n) is 3.35. The Morgan fingerprint density at radius 2 is 1.65 bits per heavy atom. The van der Waals surface area contributed by atoms with Gasteiger partial charge in [-0.2, -0.15) is 0 Å². The van der Waals surface area contributed by atoms with Gasteiger partial charge in [-0.05, 0) is 36.1 Å². The number of hydrogen-bond donors (Lipinski definition) is 0. The summed E-state index contributed by atoms with van der Waals surface area (Å²) in [6.45, 7) is 5.24. The first-order valence-corrected chi connectivity index (χ1v) is 8.62. The van der Waals surface area contributed by atoms with E-state index < -0.39 is 0 Å². The quantitative estimate of drug-likeness (QED) is 0.441. The van der Waals surface area contributed by atoms with Crippen molar-refractivity contribution < 1.29 is 4.74 Å². The number of thioether (sulfide) groups is 1. The monoisotopic (exact) mass is 288 g/mol. The minimum absolute atomic E-state index is 0.808. The second-order valence-corrected chi connectivity index (χ2v) is 6.15. The first-order chi connectivity index (χ1) is 9.86. The summed E-state index contributed by atoms with van der Waals surface area (Å²) in [6.07, 6.45) is 4.81. The van der Waals surface area contributed by atoms with Crippen molar-refractivity contribution in [3.8, 4) is 5.75 Å². The summed E-state index contributed by atoms with van der Waals surface area (Å²) in [5.74, 6) is 2.21. The molecule has 0 bridgehead atoms. The van der Waals surface area contributed by atoms with Crippen LogP contribution in [0.15, 0.2) is 41.3 Å². The molecule has 2 heteroatoms. The molecule has 0 aliphatic carbocycles. The molecule has 0 unspecified atom stereocenters. The van der Waals surface area contributed by atoms with Gasteiger partial charge in [0.05, 0.1) is 6.61 Å². The van der Waals surface area contributed by atoms with Gasteiger partial charge in [-0.25, -0.2) is 0 Å². The number of unbranched alkanes of at least 4 members (excludes halogenated alkanes) is 2. The summed E-state index contributed by atoms with van der Waals surface area (Å²) in [7, 11) is 0. The Hall–Kier alpha value is -1.15. The summed E-state index contributed by atoms with van der Waals surface area (Å²) in [4.78, 5) is 1.37. The van der Waals surface area contributed by atoms with Crippen molar-refractivity contribution in [3.63, 3.8) is 0 Å². The van der Waals surface area contributed by atoms with Crippen LogP contribution in [0.1, 0.15) is 39.5 Å². The molecule has 2 rings (SSSR count). The van der Waals surface area contributed by atoms with Crippen LogP contribution in [-0.4, -0.2) is 12.4 Å². The van der Waals surface area contributed by atoms with E-state index in [0.717, 1.165) is 18.8 Å². The molecular weight excluding hydrogens is 264 g/mol. The Morgan fingerprint density at radius 1 is 0.900 bits per heavy atom.